The van der Waals surface area contributed by atoms with Gasteiger partial charge in [-0.2, -0.15) is 5.10 Å². The molecule has 60 heavy (non-hydrogen) atoms. The lowest BCUT2D eigenvalue weighted by Crippen LogP contribution is -2.65. The number of H-pyrrole nitrogens is 1. The van der Waals surface area contributed by atoms with E-state index in [9.17, 15) is 24.0 Å². The number of hydrogen-bond donors (Lipinski definition) is 2. The summed E-state index contributed by atoms with van der Waals surface area (Å²) >= 11 is 12.7. The SMILES string of the molecule is C[C@@H](Oc1ccc2[nH]nc(-c3ccc(N4CC5(CC(C(=O)N6CCN(c7ccc8c(c7)C(=O)N(C7CCC(=O)NC7=O)C8=O)CC6)C5)C4)nc3)c2c1)c1c(Cl)cncc1Cl. The number of carbonyl (C=O) groups is 5. The standard InChI is InChI=1S/C43H39Cl2N9O6/c1-23(37-31(44)19-46-20-32(37)45)60-27-4-6-33-30(15-27)38(50-49-33)24-2-8-35(47-18-24)53-21-43(22-53)16-25(17-43)40(57)52-12-10-51(11-13-52)26-3-5-28-29(14-26)42(59)54(41(28)58)34-7-9-36(55)48-39(34)56/h2-6,8,14-15,18-20,23,25,34H,7,9-13,16-17,21-22H2,1H3,(H,49,50)(H,48,55,56)/t23-,34?/m1/s1. The maximum absolute atomic E-state index is 13.6. The number of piperazine rings is 1. The Kier molecular flexibility index (Phi) is 9.28. The second-order valence-electron chi connectivity index (χ2n) is 16.4. The predicted molar refractivity (Wildman–Crippen MR) is 222 cm³/mol. The minimum Gasteiger partial charge on any atom is -0.486 e. The normalized spacial score (nSPS) is 20.6. The second-order valence-corrected chi connectivity index (χ2v) is 17.2. The third-order valence-corrected chi connectivity index (χ3v) is 13.2. The summed E-state index contributed by atoms with van der Waals surface area (Å²) in [7, 11) is 0. The number of imide groups is 2. The third kappa shape index (κ3) is 6.51. The molecule has 1 unspecified atom stereocenters. The zero-order valence-corrected chi connectivity index (χ0v) is 34.0. The van der Waals surface area contributed by atoms with E-state index in [-0.39, 0.29) is 41.2 Å². The Bertz CT molecular complexity index is 2590. The molecule has 15 nitrogen and oxygen atoms in total. The number of rotatable bonds is 8. The summed E-state index contributed by atoms with van der Waals surface area (Å²) in [5.41, 5.74) is 4.58. The second kappa shape index (κ2) is 14.6. The summed E-state index contributed by atoms with van der Waals surface area (Å²) in [5, 5.41) is 11.7. The molecule has 1 saturated carbocycles. The summed E-state index contributed by atoms with van der Waals surface area (Å²) in [6, 6.07) is 13.9. The van der Waals surface area contributed by atoms with E-state index in [4.69, 9.17) is 32.9 Å². The van der Waals surface area contributed by atoms with E-state index < -0.39 is 35.8 Å². The van der Waals surface area contributed by atoms with Gasteiger partial charge in [0.2, 0.25) is 17.7 Å². The number of anilines is 2. The van der Waals surface area contributed by atoms with Crippen molar-refractivity contribution in [1.82, 2.24) is 35.3 Å². The minimum atomic E-state index is -1.01. The lowest BCUT2D eigenvalue weighted by molar-refractivity contribution is -0.145. The van der Waals surface area contributed by atoms with E-state index >= 15 is 0 Å². The van der Waals surface area contributed by atoms with Gasteiger partial charge in [-0.3, -0.25) is 44.3 Å². The van der Waals surface area contributed by atoms with Crippen LogP contribution in [0.1, 0.15) is 65.0 Å². The number of piperidine rings is 1. The van der Waals surface area contributed by atoms with Crippen LogP contribution in [-0.4, -0.2) is 105 Å². The summed E-state index contributed by atoms with van der Waals surface area (Å²) in [6.07, 6.45) is 6.42. The highest BCUT2D eigenvalue weighted by Gasteiger charge is 2.55. The molecule has 306 valence electrons. The topological polar surface area (TPSA) is 174 Å². The van der Waals surface area contributed by atoms with E-state index in [0.29, 0.717) is 47.5 Å². The van der Waals surface area contributed by atoms with Crippen molar-refractivity contribution in [3.8, 4) is 17.0 Å². The van der Waals surface area contributed by atoms with Gasteiger partial charge in [-0.05, 0) is 74.7 Å². The lowest BCUT2D eigenvalue weighted by atomic mass is 9.57. The highest BCUT2D eigenvalue weighted by Crippen LogP contribution is 2.53. The quantitative estimate of drug-likeness (QED) is 0.191. The molecule has 4 fully saturated rings. The smallest absolute Gasteiger partial charge is 0.262 e. The first-order valence-electron chi connectivity index (χ1n) is 20.0. The van der Waals surface area contributed by atoms with Crippen molar-refractivity contribution in [3.63, 3.8) is 0 Å². The highest BCUT2D eigenvalue weighted by molar-refractivity contribution is 6.35. The maximum Gasteiger partial charge on any atom is 0.262 e. The fourth-order valence-corrected chi connectivity index (χ4v) is 10.2. The number of aromatic amines is 1. The van der Waals surface area contributed by atoms with Crippen LogP contribution in [0, 0.1) is 11.3 Å². The molecular weight excluding hydrogens is 809 g/mol. The summed E-state index contributed by atoms with van der Waals surface area (Å²) < 4.78 is 6.24. The molecule has 5 aliphatic rings. The van der Waals surface area contributed by atoms with Crippen LogP contribution in [0.15, 0.2) is 67.1 Å². The Hall–Kier alpha value is -6.06. The van der Waals surface area contributed by atoms with Crippen LogP contribution >= 0.6 is 23.2 Å². The van der Waals surface area contributed by atoms with Crippen LogP contribution in [0.4, 0.5) is 11.5 Å². The summed E-state index contributed by atoms with van der Waals surface area (Å²) in [5.74, 6) is -0.379. The number of amides is 5. The van der Waals surface area contributed by atoms with Crippen LogP contribution in [0.2, 0.25) is 10.0 Å². The van der Waals surface area contributed by atoms with Gasteiger partial charge < -0.3 is 19.4 Å². The van der Waals surface area contributed by atoms with Gasteiger partial charge >= 0.3 is 0 Å². The molecule has 0 bridgehead atoms. The Labute approximate surface area is 354 Å². The van der Waals surface area contributed by atoms with E-state index in [2.05, 4.69) is 30.3 Å². The molecule has 5 aromatic rings. The van der Waals surface area contributed by atoms with Crippen molar-refractivity contribution >= 4 is 75.1 Å². The van der Waals surface area contributed by atoms with Gasteiger partial charge in [0.15, 0.2) is 0 Å². The maximum atomic E-state index is 13.6. The van der Waals surface area contributed by atoms with Crippen LogP contribution in [0.25, 0.3) is 22.2 Å². The molecule has 7 heterocycles. The fourth-order valence-electron chi connectivity index (χ4n) is 9.52. The molecule has 1 spiro atoms. The van der Waals surface area contributed by atoms with Crippen LogP contribution in [0.5, 0.6) is 5.75 Å². The number of ether oxygens (including phenoxy) is 1. The Morgan fingerprint density at radius 2 is 1.63 bits per heavy atom. The monoisotopic (exact) mass is 847 g/mol. The lowest BCUT2D eigenvalue weighted by Gasteiger charge is -2.59. The fraction of sp³-hybridized carbons (Fsp3) is 0.349. The van der Waals surface area contributed by atoms with Crippen LogP contribution in [-0.2, 0) is 14.4 Å². The van der Waals surface area contributed by atoms with E-state index in [1.165, 1.54) is 0 Å². The van der Waals surface area contributed by atoms with E-state index in [1.54, 1.807) is 30.6 Å². The molecule has 17 heteroatoms. The van der Waals surface area contributed by atoms with Crippen molar-refractivity contribution in [2.24, 2.45) is 11.3 Å². The van der Waals surface area contributed by atoms with Gasteiger partial charge in [0.1, 0.15) is 29.4 Å². The molecule has 2 aromatic carbocycles. The first-order valence-corrected chi connectivity index (χ1v) is 20.8. The van der Waals surface area contributed by atoms with Gasteiger partial charge in [0.05, 0.1) is 26.7 Å². The summed E-state index contributed by atoms with van der Waals surface area (Å²) in [4.78, 5) is 80.2. The number of pyridine rings is 2. The van der Waals surface area contributed by atoms with Gasteiger partial charge in [-0.1, -0.05) is 23.2 Å². The Morgan fingerprint density at radius 1 is 0.883 bits per heavy atom. The molecule has 10 rings (SSSR count). The number of nitrogens with zero attached hydrogens (tertiary/aromatic N) is 7. The summed E-state index contributed by atoms with van der Waals surface area (Å²) in [6.45, 7) is 5.90. The Balaban J connectivity index is 0.714. The number of aromatic nitrogens is 4. The molecular formula is C43H39Cl2N9O6. The van der Waals surface area contributed by atoms with Crippen molar-refractivity contribution in [2.45, 2.75) is 44.8 Å². The molecule has 2 atom stereocenters. The number of halogens is 2. The number of hydrogen-bond acceptors (Lipinski definition) is 11. The number of carbonyl (C=O) groups excluding carboxylic acids is 5. The molecule has 3 aromatic heterocycles. The molecule has 5 amide bonds. The molecule has 2 N–H and O–H groups in total. The van der Waals surface area contributed by atoms with Crippen molar-refractivity contribution in [2.75, 3.05) is 49.1 Å². The van der Waals surface area contributed by atoms with Gasteiger partial charge in [0.25, 0.3) is 11.8 Å². The van der Waals surface area contributed by atoms with Crippen molar-refractivity contribution in [3.05, 3.63) is 93.9 Å². The largest absolute Gasteiger partial charge is 0.486 e. The Morgan fingerprint density at radius 3 is 2.35 bits per heavy atom. The first-order chi connectivity index (χ1) is 28.9. The van der Waals surface area contributed by atoms with Crippen LogP contribution < -0.4 is 19.9 Å². The number of nitrogens with one attached hydrogen (secondary N) is 2. The molecule has 3 saturated heterocycles. The average molecular weight is 849 g/mol. The number of benzene rings is 2. The average Bonchev–Trinajstić information content (AvgIpc) is 3.74. The van der Waals surface area contributed by atoms with Crippen LogP contribution in [0.3, 0.4) is 0 Å². The molecule has 4 aliphatic heterocycles. The predicted octanol–water partition coefficient (Wildman–Crippen LogP) is 5.43. The van der Waals surface area contributed by atoms with E-state index in [1.807, 2.05) is 48.4 Å². The molecule has 0 radical (unpaired) electrons. The third-order valence-electron chi connectivity index (χ3n) is 12.6. The van der Waals surface area contributed by atoms with Crippen molar-refractivity contribution < 1.29 is 28.7 Å². The van der Waals surface area contributed by atoms with Gasteiger partial charge in [0, 0.05) is 97.8 Å². The highest BCUT2D eigenvalue weighted by atomic mass is 35.5. The molecule has 1 aliphatic carbocycles. The minimum absolute atomic E-state index is 0.000550. The van der Waals surface area contributed by atoms with Gasteiger partial charge in [-0.15, -0.1) is 0 Å². The first kappa shape index (κ1) is 38.2. The number of fused-ring (bicyclic) bond motifs is 2. The van der Waals surface area contributed by atoms with E-state index in [0.717, 1.165) is 64.5 Å². The zero-order chi connectivity index (χ0) is 41.4. The van der Waals surface area contributed by atoms with Crippen molar-refractivity contribution in [1.29, 1.82) is 0 Å². The zero-order valence-electron chi connectivity index (χ0n) is 32.5. The van der Waals surface area contributed by atoms with Gasteiger partial charge in [-0.25, -0.2) is 4.98 Å².